The van der Waals surface area contributed by atoms with Gasteiger partial charge in [-0.1, -0.05) is 60.7 Å². The monoisotopic (exact) mass is 337 g/mol. The summed E-state index contributed by atoms with van der Waals surface area (Å²) in [5.41, 5.74) is 5.50. The molecule has 0 aromatic heterocycles. The molecule has 0 radical (unpaired) electrons. The molecule has 2 aromatic carbocycles. The number of hydrogen-bond donors (Lipinski definition) is 2. The van der Waals surface area contributed by atoms with Gasteiger partial charge in [0.1, 0.15) is 0 Å². The van der Waals surface area contributed by atoms with Crippen LogP contribution in [-0.4, -0.2) is 24.1 Å². The molecule has 0 aliphatic heterocycles. The highest BCUT2D eigenvalue weighted by molar-refractivity contribution is 5.88. The number of rotatable bonds is 8. The van der Waals surface area contributed by atoms with Crippen molar-refractivity contribution in [2.75, 3.05) is 6.54 Å². The molecule has 0 heterocycles. The molecule has 0 atom stereocenters. The molecule has 25 heavy (non-hydrogen) atoms. The van der Waals surface area contributed by atoms with E-state index in [9.17, 15) is 9.59 Å². The molecule has 0 aliphatic carbocycles. The average Bonchev–Trinajstić information content (AvgIpc) is 2.64. The fourth-order valence-corrected chi connectivity index (χ4v) is 2.30. The van der Waals surface area contributed by atoms with E-state index < -0.39 is 0 Å². The van der Waals surface area contributed by atoms with Gasteiger partial charge in [-0.2, -0.15) is 5.10 Å². The smallest absolute Gasteiger partial charge is 0.259 e. The Hall–Kier alpha value is -2.95. The van der Waals surface area contributed by atoms with Gasteiger partial charge in [-0.25, -0.2) is 5.43 Å². The molecule has 0 fully saturated rings. The second-order valence-electron chi connectivity index (χ2n) is 5.81. The first-order valence-corrected chi connectivity index (χ1v) is 8.30. The van der Waals surface area contributed by atoms with Crippen molar-refractivity contribution in [3.63, 3.8) is 0 Å². The number of carbonyl (C=O) groups excluding carboxylic acids is 2. The van der Waals surface area contributed by atoms with Crippen molar-refractivity contribution in [2.45, 2.75) is 26.2 Å². The lowest BCUT2D eigenvalue weighted by Gasteiger charge is -2.05. The maximum absolute atomic E-state index is 11.8. The molecule has 0 saturated heterocycles. The molecule has 0 unspecified atom stereocenters. The lowest BCUT2D eigenvalue weighted by molar-refractivity contribution is -0.126. The summed E-state index contributed by atoms with van der Waals surface area (Å²) in [6, 6.07) is 19.7. The maximum Gasteiger partial charge on any atom is 0.259 e. The number of hydrogen-bond acceptors (Lipinski definition) is 3. The number of benzene rings is 2. The zero-order valence-corrected chi connectivity index (χ0v) is 14.4. The zero-order valence-electron chi connectivity index (χ0n) is 14.4. The summed E-state index contributed by atoms with van der Waals surface area (Å²) in [5, 5.41) is 6.66. The van der Waals surface area contributed by atoms with E-state index in [2.05, 4.69) is 15.8 Å². The Morgan fingerprint density at radius 3 is 2.12 bits per heavy atom. The maximum atomic E-state index is 11.8. The summed E-state index contributed by atoms with van der Waals surface area (Å²) < 4.78 is 0. The third-order valence-corrected chi connectivity index (χ3v) is 3.60. The van der Waals surface area contributed by atoms with Gasteiger partial charge in [0.05, 0.1) is 6.54 Å². The van der Waals surface area contributed by atoms with Crippen LogP contribution in [0.3, 0.4) is 0 Å². The van der Waals surface area contributed by atoms with Crippen molar-refractivity contribution in [3.8, 4) is 0 Å². The van der Waals surface area contributed by atoms with Crippen LogP contribution in [0.1, 0.15) is 24.5 Å². The van der Waals surface area contributed by atoms with Crippen LogP contribution in [0.25, 0.3) is 0 Å². The van der Waals surface area contributed by atoms with Gasteiger partial charge in [-0.15, -0.1) is 0 Å². The highest BCUT2D eigenvalue weighted by Crippen LogP contribution is 2.02. The molecule has 2 amide bonds. The molecule has 5 nitrogen and oxygen atoms in total. The first-order valence-electron chi connectivity index (χ1n) is 8.30. The van der Waals surface area contributed by atoms with E-state index in [1.54, 1.807) is 0 Å². The van der Waals surface area contributed by atoms with Crippen LogP contribution in [-0.2, 0) is 22.4 Å². The Morgan fingerprint density at radius 1 is 0.880 bits per heavy atom. The van der Waals surface area contributed by atoms with E-state index in [0.29, 0.717) is 19.3 Å². The second-order valence-corrected chi connectivity index (χ2v) is 5.81. The minimum absolute atomic E-state index is 0.0737. The lowest BCUT2D eigenvalue weighted by atomic mass is 10.1. The molecular weight excluding hydrogens is 314 g/mol. The SMILES string of the molecule is C/C(Cc1ccccc1)=N/NC(=O)CNC(=O)CCc1ccccc1. The quantitative estimate of drug-likeness (QED) is 0.574. The Balaban J connectivity index is 1.66. The normalized spacial score (nSPS) is 11.0. The topological polar surface area (TPSA) is 70.6 Å². The zero-order chi connectivity index (χ0) is 17.9. The highest BCUT2D eigenvalue weighted by Gasteiger charge is 2.05. The van der Waals surface area contributed by atoms with Crippen molar-refractivity contribution >= 4 is 17.5 Å². The van der Waals surface area contributed by atoms with Crippen LogP contribution in [0.15, 0.2) is 65.8 Å². The van der Waals surface area contributed by atoms with Gasteiger partial charge in [-0.05, 0) is 24.5 Å². The van der Waals surface area contributed by atoms with Gasteiger partial charge in [0, 0.05) is 18.6 Å². The molecule has 130 valence electrons. The summed E-state index contributed by atoms with van der Waals surface area (Å²) in [4.78, 5) is 23.5. The van der Waals surface area contributed by atoms with E-state index in [0.717, 1.165) is 16.8 Å². The fraction of sp³-hybridized carbons (Fsp3) is 0.250. The van der Waals surface area contributed by atoms with Gasteiger partial charge in [0.15, 0.2) is 0 Å². The summed E-state index contributed by atoms with van der Waals surface area (Å²) in [6.45, 7) is 1.78. The standard InChI is InChI=1S/C20H23N3O2/c1-16(14-18-10-6-3-7-11-18)22-23-20(25)15-21-19(24)13-12-17-8-4-2-5-9-17/h2-11H,12-15H2,1H3,(H,21,24)(H,23,25)/b22-16-. The summed E-state index contributed by atoms with van der Waals surface area (Å²) in [6.07, 6.45) is 1.68. The average molecular weight is 337 g/mol. The number of aryl methyl sites for hydroxylation is 1. The van der Waals surface area contributed by atoms with Crippen LogP contribution in [0.2, 0.25) is 0 Å². The number of carbonyl (C=O) groups is 2. The van der Waals surface area contributed by atoms with E-state index in [1.807, 2.05) is 67.6 Å². The van der Waals surface area contributed by atoms with Crippen molar-refractivity contribution in [3.05, 3.63) is 71.8 Å². The Morgan fingerprint density at radius 2 is 1.48 bits per heavy atom. The van der Waals surface area contributed by atoms with E-state index in [1.165, 1.54) is 0 Å². The molecule has 5 heteroatoms. The molecule has 2 N–H and O–H groups in total. The first-order chi connectivity index (χ1) is 12.1. The summed E-state index contributed by atoms with van der Waals surface area (Å²) in [7, 11) is 0. The number of hydrazone groups is 1. The molecule has 0 saturated carbocycles. The van der Waals surface area contributed by atoms with E-state index >= 15 is 0 Å². The Kier molecular flexibility index (Phi) is 7.38. The number of nitrogens with one attached hydrogen (secondary N) is 2. The van der Waals surface area contributed by atoms with Crippen molar-refractivity contribution in [1.29, 1.82) is 0 Å². The first kappa shape index (κ1) is 18.4. The van der Waals surface area contributed by atoms with Crippen LogP contribution in [0, 0.1) is 0 Å². The van der Waals surface area contributed by atoms with Crippen LogP contribution in [0.5, 0.6) is 0 Å². The van der Waals surface area contributed by atoms with E-state index in [4.69, 9.17) is 0 Å². The lowest BCUT2D eigenvalue weighted by Crippen LogP contribution is -2.35. The van der Waals surface area contributed by atoms with E-state index in [-0.39, 0.29) is 18.4 Å². The molecule has 2 aromatic rings. The van der Waals surface area contributed by atoms with Gasteiger partial charge in [-0.3, -0.25) is 9.59 Å². The fourth-order valence-electron chi connectivity index (χ4n) is 2.30. The van der Waals surface area contributed by atoms with Crippen LogP contribution < -0.4 is 10.7 Å². The molecule has 0 aliphatic rings. The Bertz CT molecular complexity index is 712. The van der Waals surface area contributed by atoms with Crippen LogP contribution in [0.4, 0.5) is 0 Å². The molecule has 2 rings (SSSR count). The van der Waals surface area contributed by atoms with Gasteiger partial charge in [0.25, 0.3) is 5.91 Å². The van der Waals surface area contributed by atoms with Crippen LogP contribution >= 0.6 is 0 Å². The second kappa shape index (κ2) is 10.0. The molecule has 0 spiro atoms. The number of nitrogens with zero attached hydrogens (tertiary/aromatic N) is 1. The highest BCUT2D eigenvalue weighted by atomic mass is 16.2. The van der Waals surface area contributed by atoms with Crippen molar-refractivity contribution < 1.29 is 9.59 Å². The van der Waals surface area contributed by atoms with Crippen molar-refractivity contribution in [1.82, 2.24) is 10.7 Å². The molecule has 0 bridgehead atoms. The minimum atomic E-state index is -0.333. The predicted molar refractivity (Wildman–Crippen MR) is 99.2 cm³/mol. The third-order valence-electron chi connectivity index (χ3n) is 3.60. The van der Waals surface area contributed by atoms with Crippen molar-refractivity contribution in [2.24, 2.45) is 5.10 Å². The number of amides is 2. The van der Waals surface area contributed by atoms with Gasteiger partial charge in [0.2, 0.25) is 5.91 Å². The largest absolute Gasteiger partial charge is 0.347 e. The molecular formula is C20H23N3O2. The van der Waals surface area contributed by atoms with Gasteiger partial charge >= 0.3 is 0 Å². The summed E-state index contributed by atoms with van der Waals surface area (Å²) >= 11 is 0. The minimum Gasteiger partial charge on any atom is -0.347 e. The third kappa shape index (κ3) is 7.44. The van der Waals surface area contributed by atoms with Gasteiger partial charge < -0.3 is 5.32 Å². The summed E-state index contributed by atoms with van der Waals surface area (Å²) in [5.74, 6) is -0.482. The predicted octanol–water partition coefficient (Wildman–Crippen LogP) is 2.47. The Labute approximate surface area is 148 Å².